The van der Waals surface area contributed by atoms with E-state index in [0.717, 1.165) is 33.4 Å². The van der Waals surface area contributed by atoms with E-state index in [0.29, 0.717) is 5.75 Å². The molecule has 0 saturated heterocycles. The lowest BCUT2D eigenvalue weighted by Gasteiger charge is -2.18. The van der Waals surface area contributed by atoms with Gasteiger partial charge in [-0.3, -0.25) is 0 Å². The Hall–Kier alpha value is -3.11. The molecule has 0 aliphatic heterocycles. The van der Waals surface area contributed by atoms with Gasteiger partial charge < -0.3 is 14.6 Å². The summed E-state index contributed by atoms with van der Waals surface area (Å²) < 4.78 is 11.0. The van der Waals surface area contributed by atoms with E-state index in [1.807, 2.05) is 62.4 Å². The van der Waals surface area contributed by atoms with Crippen molar-refractivity contribution in [2.45, 2.75) is 13.8 Å². The van der Waals surface area contributed by atoms with E-state index in [1.165, 1.54) is 0 Å². The summed E-state index contributed by atoms with van der Waals surface area (Å²) in [7, 11) is 1.56. The van der Waals surface area contributed by atoms with Gasteiger partial charge in [0.05, 0.1) is 5.56 Å². The first-order valence-electron chi connectivity index (χ1n) is 8.66. The zero-order chi connectivity index (χ0) is 19.4. The molecule has 1 N–H and O–H groups in total. The summed E-state index contributed by atoms with van der Waals surface area (Å²) >= 11 is 0. The van der Waals surface area contributed by atoms with Gasteiger partial charge in [0.1, 0.15) is 5.75 Å². The van der Waals surface area contributed by atoms with Gasteiger partial charge in [-0.15, -0.1) is 0 Å². The summed E-state index contributed by atoms with van der Waals surface area (Å²) in [5.41, 5.74) is 5.65. The molecule has 138 valence electrons. The Morgan fingerprint density at radius 3 is 1.81 bits per heavy atom. The van der Waals surface area contributed by atoms with E-state index in [2.05, 4.69) is 0 Å². The predicted octanol–water partition coefficient (Wildman–Crippen LogP) is 5.32. The maximum Gasteiger partial charge on any atom is 0.335 e. The standard InChI is InChI=1S/C23H22O4/c1-15-6-4-8-17(10-15)20-12-19(23(24)25)13-21(22(20)27-14-26-3)18-9-5-7-16(2)11-18/h4-13H,14H2,1-3H3,(H,24,25). The fourth-order valence-corrected chi connectivity index (χ4v) is 3.08. The number of aromatic carboxylic acids is 1. The quantitative estimate of drug-likeness (QED) is 0.603. The van der Waals surface area contributed by atoms with Gasteiger partial charge in [0.25, 0.3) is 0 Å². The van der Waals surface area contributed by atoms with Gasteiger partial charge in [-0.05, 0) is 37.1 Å². The molecule has 0 amide bonds. The normalized spacial score (nSPS) is 10.6. The number of ether oxygens (including phenoxy) is 2. The number of methoxy groups -OCH3 is 1. The van der Waals surface area contributed by atoms with Crippen molar-refractivity contribution in [1.29, 1.82) is 0 Å². The predicted molar refractivity (Wildman–Crippen MR) is 106 cm³/mol. The third-order valence-corrected chi connectivity index (χ3v) is 4.32. The highest BCUT2D eigenvalue weighted by atomic mass is 16.7. The Kier molecular flexibility index (Phi) is 5.57. The van der Waals surface area contributed by atoms with Gasteiger partial charge in [0.2, 0.25) is 0 Å². The maximum absolute atomic E-state index is 11.8. The molecule has 0 aliphatic rings. The van der Waals surface area contributed by atoms with Crippen LogP contribution in [0.25, 0.3) is 22.3 Å². The first-order chi connectivity index (χ1) is 13.0. The molecule has 0 aromatic heterocycles. The molecule has 4 nitrogen and oxygen atoms in total. The van der Waals surface area contributed by atoms with E-state index in [-0.39, 0.29) is 12.4 Å². The summed E-state index contributed by atoms with van der Waals surface area (Å²) in [6.07, 6.45) is 0. The molecule has 0 fully saturated rings. The molecule has 3 aromatic rings. The van der Waals surface area contributed by atoms with Crippen LogP contribution >= 0.6 is 0 Å². The lowest BCUT2D eigenvalue weighted by molar-refractivity contribution is 0.0519. The summed E-state index contributed by atoms with van der Waals surface area (Å²) in [6.45, 7) is 4.08. The van der Waals surface area contributed by atoms with Crippen LogP contribution < -0.4 is 4.74 Å². The molecular formula is C23H22O4. The second-order valence-electron chi connectivity index (χ2n) is 6.50. The van der Waals surface area contributed by atoms with Crippen molar-refractivity contribution >= 4 is 5.97 Å². The maximum atomic E-state index is 11.8. The van der Waals surface area contributed by atoms with Crippen LogP contribution in [0.3, 0.4) is 0 Å². The molecule has 0 spiro atoms. The molecule has 0 atom stereocenters. The monoisotopic (exact) mass is 362 g/mol. The van der Waals surface area contributed by atoms with Gasteiger partial charge in [0.15, 0.2) is 6.79 Å². The van der Waals surface area contributed by atoms with Crippen LogP contribution in [0.5, 0.6) is 5.75 Å². The van der Waals surface area contributed by atoms with Crippen molar-refractivity contribution in [3.8, 4) is 28.0 Å². The average Bonchev–Trinajstić information content (AvgIpc) is 2.65. The number of aryl methyl sites for hydroxylation is 2. The van der Waals surface area contributed by atoms with Crippen molar-refractivity contribution < 1.29 is 19.4 Å². The van der Waals surface area contributed by atoms with Crippen molar-refractivity contribution in [2.24, 2.45) is 0 Å². The van der Waals surface area contributed by atoms with Gasteiger partial charge in [-0.25, -0.2) is 4.79 Å². The van der Waals surface area contributed by atoms with Gasteiger partial charge in [0, 0.05) is 18.2 Å². The molecular weight excluding hydrogens is 340 g/mol. The lowest BCUT2D eigenvalue weighted by Crippen LogP contribution is -2.05. The average molecular weight is 362 g/mol. The van der Waals surface area contributed by atoms with Gasteiger partial charge >= 0.3 is 5.97 Å². The number of benzene rings is 3. The van der Waals surface area contributed by atoms with E-state index in [1.54, 1.807) is 19.2 Å². The smallest absolute Gasteiger partial charge is 0.335 e. The third-order valence-electron chi connectivity index (χ3n) is 4.32. The molecule has 0 aliphatic carbocycles. The lowest BCUT2D eigenvalue weighted by atomic mass is 9.93. The molecule has 0 heterocycles. The van der Waals surface area contributed by atoms with E-state index in [4.69, 9.17) is 9.47 Å². The minimum atomic E-state index is -0.976. The van der Waals surface area contributed by atoms with Crippen LogP contribution in [-0.2, 0) is 4.74 Å². The number of carboxylic acids is 1. The largest absolute Gasteiger partial charge is 0.478 e. The van der Waals surface area contributed by atoms with Crippen molar-refractivity contribution in [3.05, 3.63) is 77.4 Å². The highest BCUT2D eigenvalue weighted by Gasteiger charge is 2.18. The Morgan fingerprint density at radius 1 is 0.889 bits per heavy atom. The minimum Gasteiger partial charge on any atom is -0.478 e. The second-order valence-corrected chi connectivity index (χ2v) is 6.50. The Labute approximate surface area is 159 Å². The van der Waals surface area contributed by atoms with Crippen LogP contribution in [0.2, 0.25) is 0 Å². The van der Waals surface area contributed by atoms with Crippen LogP contribution in [0.15, 0.2) is 60.7 Å². The zero-order valence-electron chi connectivity index (χ0n) is 15.7. The van der Waals surface area contributed by atoms with Crippen LogP contribution in [-0.4, -0.2) is 25.0 Å². The number of rotatable bonds is 6. The minimum absolute atomic E-state index is 0.0735. The van der Waals surface area contributed by atoms with E-state index in [9.17, 15) is 9.90 Å². The topological polar surface area (TPSA) is 55.8 Å². The van der Waals surface area contributed by atoms with Crippen LogP contribution in [0.4, 0.5) is 0 Å². The highest BCUT2D eigenvalue weighted by molar-refractivity contribution is 5.95. The molecule has 3 aromatic carbocycles. The molecule has 0 unspecified atom stereocenters. The molecule has 3 rings (SSSR count). The molecule has 0 bridgehead atoms. The number of carbonyl (C=O) groups is 1. The summed E-state index contributed by atoms with van der Waals surface area (Å²) in [6, 6.07) is 19.1. The number of hydrogen-bond donors (Lipinski definition) is 1. The molecule has 0 saturated carbocycles. The third kappa shape index (κ3) is 4.18. The Morgan fingerprint density at radius 2 is 1.41 bits per heavy atom. The molecule has 27 heavy (non-hydrogen) atoms. The summed E-state index contributed by atoms with van der Waals surface area (Å²) in [4.78, 5) is 11.8. The van der Waals surface area contributed by atoms with Crippen molar-refractivity contribution in [1.82, 2.24) is 0 Å². The van der Waals surface area contributed by atoms with Crippen LogP contribution in [0.1, 0.15) is 21.5 Å². The van der Waals surface area contributed by atoms with Gasteiger partial charge in [-0.1, -0.05) is 59.7 Å². The summed E-state index contributed by atoms with van der Waals surface area (Å²) in [5, 5.41) is 9.64. The Balaban J connectivity index is 2.31. The first-order valence-corrected chi connectivity index (χ1v) is 8.66. The second kappa shape index (κ2) is 8.06. The SMILES string of the molecule is COCOc1c(-c2cccc(C)c2)cc(C(=O)O)cc1-c1cccc(C)c1. The zero-order valence-corrected chi connectivity index (χ0v) is 15.7. The Bertz CT molecular complexity index is 909. The van der Waals surface area contributed by atoms with Crippen LogP contribution in [0, 0.1) is 13.8 Å². The van der Waals surface area contributed by atoms with E-state index >= 15 is 0 Å². The number of carboxylic acid groups (broad SMARTS) is 1. The number of hydrogen-bond acceptors (Lipinski definition) is 3. The van der Waals surface area contributed by atoms with Crippen molar-refractivity contribution in [3.63, 3.8) is 0 Å². The van der Waals surface area contributed by atoms with Crippen molar-refractivity contribution in [2.75, 3.05) is 13.9 Å². The highest BCUT2D eigenvalue weighted by Crippen LogP contribution is 2.41. The van der Waals surface area contributed by atoms with E-state index < -0.39 is 5.97 Å². The fraction of sp³-hybridized carbons (Fsp3) is 0.174. The first kappa shape index (κ1) is 18.7. The molecule has 0 radical (unpaired) electrons. The van der Waals surface area contributed by atoms with Gasteiger partial charge in [-0.2, -0.15) is 0 Å². The summed E-state index contributed by atoms with van der Waals surface area (Å²) in [5.74, 6) is -0.367. The molecule has 4 heteroatoms. The fourth-order valence-electron chi connectivity index (χ4n) is 3.08.